The Morgan fingerprint density at radius 1 is 0.366 bits per heavy atom. The number of hydrogen-bond acceptors (Lipinski definition) is 12. The van der Waals surface area contributed by atoms with Crippen molar-refractivity contribution in [2.24, 2.45) is 17.2 Å². The fourth-order valence-corrected chi connectivity index (χ4v) is 9.30. The van der Waals surface area contributed by atoms with Crippen molar-refractivity contribution in [1.82, 2.24) is 16.0 Å². The van der Waals surface area contributed by atoms with Crippen molar-refractivity contribution < 1.29 is 43.0 Å². The van der Waals surface area contributed by atoms with Crippen LogP contribution in [0.25, 0.3) is 0 Å². The first-order valence-corrected chi connectivity index (χ1v) is 27.9. The summed E-state index contributed by atoms with van der Waals surface area (Å²) in [4.78, 5) is 86.2. The van der Waals surface area contributed by atoms with Gasteiger partial charge in [-0.2, -0.15) is 0 Å². The Labute approximate surface area is 481 Å². The number of carbonyl (C=O) groups is 6. The van der Waals surface area contributed by atoms with Gasteiger partial charge in [-0.05, 0) is 147 Å². The first-order valence-electron chi connectivity index (χ1n) is 27.9. The Morgan fingerprint density at radius 2 is 0.610 bits per heavy atom. The van der Waals surface area contributed by atoms with E-state index in [9.17, 15) is 28.8 Å². The Morgan fingerprint density at radius 3 is 0.841 bits per heavy atom. The zero-order valence-corrected chi connectivity index (χ0v) is 47.3. The first-order chi connectivity index (χ1) is 39.8. The van der Waals surface area contributed by atoms with Crippen molar-refractivity contribution in [2.45, 2.75) is 102 Å². The number of nitrogens with two attached hydrogens (primary N) is 3. The van der Waals surface area contributed by atoms with Crippen molar-refractivity contribution in [2.75, 3.05) is 55.5 Å². The Bertz CT molecular complexity index is 2600. The molecule has 0 bridgehead atoms. The number of rotatable bonds is 30. The van der Waals surface area contributed by atoms with Crippen molar-refractivity contribution >= 4 is 53.1 Å². The number of carbonyl (C=O) groups excluding carboxylic acids is 6. The lowest BCUT2D eigenvalue weighted by Gasteiger charge is -2.27. The van der Waals surface area contributed by atoms with Gasteiger partial charge in [0.1, 0.15) is 37.9 Å². The highest BCUT2D eigenvalue weighted by Gasteiger charge is 2.29. The SMILES string of the molecule is CN(C(=O)[C@H](CCCCN)NC(=O)OCc1ccccc1)c1ccc(C(c2ccc(N(C)C(=O)[C@H](CCCCN)NC(=O)OCc3ccccc3)cc2)c2ccc(N(C)C(=O)[C@H](CCCCN)NC(=O)OCc3ccccc3)cc2)cc1. The molecule has 0 saturated carbocycles. The molecule has 434 valence electrons. The molecular formula is C64H79N9O9. The molecule has 6 amide bonds. The molecule has 6 rings (SSSR count). The van der Waals surface area contributed by atoms with Crippen LogP contribution in [0, 0.1) is 0 Å². The van der Waals surface area contributed by atoms with Crippen LogP contribution in [-0.2, 0) is 48.4 Å². The van der Waals surface area contributed by atoms with Crippen LogP contribution < -0.4 is 47.9 Å². The number of alkyl carbamates (subject to hydrolysis) is 3. The minimum absolute atomic E-state index is 0.0485. The van der Waals surface area contributed by atoms with E-state index in [4.69, 9.17) is 31.4 Å². The highest BCUT2D eigenvalue weighted by atomic mass is 16.6. The third-order valence-corrected chi connectivity index (χ3v) is 14.1. The number of unbranched alkanes of at least 4 members (excludes halogenated alkanes) is 3. The third kappa shape index (κ3) is 19.3. The van der Waals surface area contributed by atoms with E-state index in [2.05, 4.69) is 16.0 Å². The molecule has 0 saturated heterocycles. The average molecular weight is 1120 g/mol. The molecule has 0 fully saturated rings. The second kappa shape index (κ2) is 33.2. The zero-order valence-electron chi connectivity index (χ0n) is 47.3. The normalized spacial score (nSPS) is 12.0. The maximum Gasteiger partial charge on any atom is 0.408 e. The van der Waals surface area contributed by atoms with Gasteiger partial charge in [0.15, 0.2) is 0 Å². The van der Waals surface area contributed by atoms with Crippen molar-refractivity contribution in [3.05, 3.63) is 197 Å². The molecule has 0 spiro atoms. The fraction of sp³-hybridized carbons (Fsp3) is 0.344. The molecule has 0 heterocycles. The van der Waals surface area contributed by atoms with E-state index in [1.165, 1.54) is 14.7 Å². The Balaban J connectivity index is 1.25. The summed E-state index contributed by atoms with van der Waals surface area (Å²) >= 11 is 0. The van der Waals surface area contributed by atoms with Gasteiger partial charge >= 0.3 is 18.3 Å². The van der Waals surface area contributed by atoms with Crippen molar-refractivity contribution in [1.29, 1.82) is 0 Å². The predicted octanol–water partition coefficient (Wildman–Crippen LogP) is 9.03. The molecule has 82 heavy (non-hydrogen) atoms. The molecule has 0 aliphatic carbocycles. The van der Waals surface area contributed by atoms with E-state index in [-0.39, 0.29) is 37.5 Å². The van der Waals surface area contributed by atoms with Crippen LogP contribution in [0.2, 0.25) is 0 Å². The van der Waals surface area contributed by atoms with Crippen LogP contribution in [0.1, 0.15) is 97.1 Å². The number of nitrogens with one attached hydrogen (secondary N) is 3. The number of likely N-dealkylation sites (N-methyl/N-ethyl adjacent to an activating group) is 3. The van der Waals surface area contributed by atoms with Crippen LogP contribution in [0.4, 0.5) is 31.4 Å². The molecule has 18 nitrogen and oxygen atoms in total. The minimum Gasteiger partial charge on any atom is -0.445 e. The number of amides is 6. The summed E-state index contributed by atoms with van der Waals surface area (Å²) in [5.74, 6) is -1.39. The quantitative estimate of drug-likeness (QED) is 0.0140. The molecule has 6 aromatic carbocycles. The van der Waals surface area contributed by atoms with Crippen molar-refractivity contribution in [3.8, 4) is 0 Å². The summed E-state index contributed by atoms with van der Waals surface area (Å²) in [5, 5.41) is 8.34. The lowest BCUT2D eigenvalue weighted by molar-refractivity contribution is -0.121. The first kappa shape index (κ1) is 62.6. The largest absolute Gasteiger partial charge is 0.445 e. The molecule has 0 unspecified atom stereocenters. The van der Waals surface area contributed by atoms with Gasteiger partial charge in [0, 0.05) is 44.1 Å². The summed E-state index contributed by atoms with van der Waals surface area (Å²) in [7, 11) is 4.98. The van der Waals surface area contributed by atoms with Crippen LogP contribution in [-0.4, -0.2) is 94.9 Å². The second-order valence-corrected chi connectivity index (χ2v) is 20.0. The smallest absolute Gasteiger partial charge is 0.408 e. The maximum absolute atomic E-state index is 14.2. The van der Waals surface area contributed by atoms with E-state index >= 15 is 0 Å². The van der Waals surface area contributed by atoms with E-state index in [0.717, 1.165) is 33.4 Å². The highest BCUT2D eigenvalue weighted by Crippen LogP contribution is 2.35. The molecule has 18 heteroatoms. The lowest BCUT2D eigenvalue weighted by Crippen LogP contribution is -2.47. The predicted molar refractivity (Wildman–Crippen MR) is 320 cm³/mol. The third-order valence-electron chi connectivity index (χ3n) is 14.1. The number of nitrogens with zero attached hydrogens (tertiary/aromatic N) is 3. The summed E-state index contributed by atoms with van der Waals surface area (Å²) in [6.07, 6.45) is 2.78. The van der Waals surface area contributed by atoms with E-state index in [1.54, 1.807) is 21.1 Å². The van der Waals surface area contributed by atoms with Gasteiger partial charge in [0.2, 0.25) is 17.7 Å². The number of benzene rings is 6. The Hall–Kier alpha value is -8.58. The average Bonchev–Trinajstić information content (AvgIpc) is 3.64. The van der Waals surface area contributed by atoms with Gasteiger partial charge in [-0.1, -0.05) is 127 Å². The number of anilines is 3. The minimum atomic E-state index is -0.879. The van der Waals surface area contributed by atoms with Crippen LogP contribution in [0.3, 0.4) is 0 Å². The van der Waals surface area contributed by atoms with Gasteiger partial charge in [-0.3, -0.25) is 14.4 Å². The van der Waals surface area contributed by atoms with E-state index < -0.39 is 42.3 Å². The molecule has 3 atom stereocenters. The second-order valence-electron chi connectivity index (χ2n) is 20.0. The van der Waals surface area contributed by atoms with Gasteiger partial charge in [-0.25, -0.2) is 14.4 Å². The summed E-state index contributed by atoms with van der Waals surface area (Å²) in [5.41, 5.74) is 24.2. The summed E-state index contributed by atoms with van der Waals surface area (Å²) in [6.45, 7) is 1.47. The zero-order chi connectivity index (χ0) is 58.6. The van der Waals surface area contributed by atoms with Crippen LogP contribution in [0.15, 0.2) is 164 Å². The molecule has 6 aromatic rings. The van der Waals surface area contributed by atoms with Gasteiger partial charge in [0.25, 0.3) is 0 Å². The molecular weight excluding hydrogens is 1040 g/mol. The molecule has 0 aliphatic rings. The molecule has 9 N–H and O–H groups in total. The number of hydrogen-bond donors (Lipinski definition) is 6. The van der Waals surface area contributed by atoms with Gasteiger partial charge in [0.05, 0.1) is 0 Å². The van der Waals surface area contributed by atoms with E-state index in [1.807, 2.05) is 164 Å². The summed E-state index contributed by atoms with van der Waals surface area (Å²) < 4.78 is 16.5. The van der Waals surface area contributed by atoms with E-state index in [0.29, 0.717) is 94.5 Å². The van der Waals surface area contributed by atoms with Gasteiger partial charge in [-0.15, -0.1) is 0 Å². The lowest BCUT2D eigenvalue weighted by atomic mass is 9.85. The monoisotopic (exact) mass is 1120 g/mol. The van der Waals surface area contributed by atoms with Gasteiger partial charge < -0.3 is 62.1 Å². The molecule has 0 aliphatic heterocycles. The van der Waals surface area contributed by atoms with Crippen LogP contribution in [0.5, 0.6) is 0 Å². The highest BCUT2D eigenvalue weighted by molar-refractivity contribution is 6.00. The standard InChI is InChI=1S/C64H79N9O9/c1-71(59(74)55(25-13-16-40-65)68-62(77)80-43-46-19-7-4-8-20-46)52-34-28-49(29-35-52)58(50-30-36-53(37-31-50)72(2)60(75)56(26-14-17-41-66)69-63(78)81-44-47-21-9-5-10-22-47)51-32-38-54(39-33-51)73(3)61(76)57(27-15-18-42-67)70-64(79)82-45-48-23-11-6-12-24-48/h4-12,19-24,28-39,55-58H,13-18,25-27,40-45,65-67H2,1-3H3,(H,68,77)(H,69,78)(H,70,79)/t55-,56-,57-/m0/s1. The molecule has 0 aromatic heterocycles. The number of ether oxygens (including phenoxy) is 3. The molecule has 0 radical (unpaired) electrons. The Kier molecular flexibility index (Phi) is 25.4. The fourth-order valence-electron chi connectivity index (χ4n) is 9.30. The topological polar surface area (TPSA) is 254 Å². The summed E-state index contributed by atoms with van der Waals surface area (Å²) in [6, 6.07) is 47.9. The maximum atomic E-state index is 14.2. The van der Waals surface area contributed by atoms with Crippen molar-refractivity contribution in [3.63, 3.8) is 0 Å². The van der Waals surface area contributed by atoms with Crippen LogP contribution >= 0.6 is 0 Å².